The van der Waals surface area contributed by atoms with E-state index in [2.05, 4.69) is 0 Å². The van der Waals surface area contributed by atoms with Crippen LogP contribution in [-0.4, -0.2) is 37.1 Å². The Labute approximate surface area is 95.9 Å². The lowest BCUT2D eigenvalue weighted by atomic mass is 10.2. The molecule has 1 aliphatic heterocycles. The summed E-state index contributed by atoms with van der Waals surface area (Å²) in [6.45, 7) is 4.65. The highest BCUT2D eigenvalue weighted by Crippen LogP contribution is 2.49. The van der Waals surface area contributed by atoms with Crippen molar-refractivity contribution in [2.75, 3.05) is 19.8 Å². The molecule has 16 heavy (non-hydrogen) atoms. The zero-order valence-electron chi connectivity index (χ0n) is 9.67. The number of aliphatic hydroxyl groups excluding tert-OH is 1. The molecule has 1 fully saturated rings. The average molecular weight is 250 g/mol. The van der Waals surface area contributed by atoms with Crippen LogP contribution in [0.25, 0.3) is 0 Å². The van der Waals surface area contributed by atoms with Gasteiger partial charge in [0.1, 0.15) is 6.10 Å². The van der Waals surface area contributed by atoms with Gasteiger partial charge in [0.25, 0.3) is 0 Å². The van der Waals surface area contributed by atoms with E-state index < -0.39 is 19.8 Å². The zero-order valence-corrected chi connectivity index (χ0v) is 10.6. The Hall–Kier alpha value is -0.190. The van der Waals surface area contributed by atoms with Gasteiger partial charge in [0, 0.05) is 5.82 Å². The Balaban J connectivity index is 2.59. The predicted octanol–water partition coefficient (Wildman–Crippen LogP) is 1.92. The van der Waals surface area contributed by atoms with Crippen molar-refractivity contribution in [3.63, 3.8) is 0 Å². The third-order valence-corrected chi connectivity index (χ3v) is 3.95. The molecule has 1 aliphatic rings. The van der Waals surface area contributed by atoms with Crippen molar-refractivity contribution in [2.45, 2.75) is 32.5 Å². The number of ether oxygens (including phenoxy) is 1. The predicted molar refractivity (Wildman–Crippen MR) is 60.4 cm³/mol. The summed E-state index contributed by atoms with van der Waals surface area (Å²) in [5.41, 5.74) is 0. The summed E-state index contributed by atoms with van der Waals surface area (Å²) in [5.74, 6) is 1.37. The molecule has 0 aliphatic carbocycles. The summed E-state index contributed by atoms with van der Waals surface area (Å²) < 4.78 is 27.4. The Bertz CT molecular complexity index is 268. The smallest absolute Gasteiger partial charge is 0.353 e. The van der Waals surface area contributed by atoms with E-state index in [1.165, 1.54) is 5.82 Å². The molecule has 1 saturated heterocycles. The first-order valence-corrected chi connectivity index (χ1v) is 7.10. The van der Waals surface area contributed by atoms with Crippen LogP contribution in [0.3, 0.4) is 0 Å². The van der Waals surface area contributed by atoms with Crippen molar-refractivity contribution < 1.29 is 23.5 Å². The van der Waals surface area contributed by atoms with Crippen molar-refractivity contribution in [1.82, 2.24) is 0 Å². The maximum Gasteiger partial charge on any atom is 0.353 e. The van der Waals surface area contributed by atoms with Gasteiger partial charge in [0.15, 0.2) is 0 Å². The normalized spacial score (nSPS) is 26.7. The lowest BCUT2D eigenvalue weighted by molar-refractivity contribution is 0.0748. The highest BCUT2D eigenvalue weighted by atomic mass is 31.2. The van der Waals surface area contributed by atoms with E-state index in [0.29, 0.717) is 26.2 Å². The second kappa shape index (κ2) is 6.52. The van der Waals surface area contributed by atoms with E-state index in [9.17, 15) is 9.67 Å². The Morgan fingerprint density at radius 3 is 2.50 bits per heavy atom. The SMILES string of the molecule is CCOP(=O)(/C=C/[C@H]1OCC[C@@H]1O)OCC. The maximum atomic E-state index is 12.0. The molecule has 0 aromatic rings. The van der Waals surface area contributed by atoms with Gasteiger partial charge in [-0.05, 0) is 26.3 Å². The Morgan fingerprint density at radius 1 is 1.44 bits per heavy atom. The van der Waals surface area contributed by atoms with E-state index in [-0.39, 0.29) is 0 Å². The van der Waals surface area contributed by atoms with Gasteiger partial charge in [-0.15, -0.1) is 0 Å². The highest BCUT2D eigenvalue weighted by Gasteiger charge is 2.26. The van der Waals surface area contributed by atoms with Crippen LogP contribution in [0.5, 0.6) is 0 Å². The third-order valence-electron chi connectivity index (χ3n) is 2.18. The zero-order chi connectivity index (χ0) is 12.0. The molecule has 0 unspecified atom stereocenters. The van der Waals surface area contributed by atoms with Crippen LogP contribution in [-0.2, 0) is 18.3 Å². The molecule has 0 bridgehead atoms. The van der Waals surface area contributed by atoms with E-state index in [4.69, 9.17) is 13.8 Å². The lowest BCUT2D eigenvalue weighted by Crippen LogP contribution is -2.17. The minimum Gasteiger partial charge on any atom is -0.390 e. The van der Waals surface area contributed by atoms with Crippen LogP contribution >= 0.6 is 7.60 Å². The first-order valence-electron chi connectivity index (χ1n) is 5.49. The molecular formula is C10H19O5P. The fraction of sp³-hybridized carbons (Fsp3) is 0.800. The molecule has 2 atom stereocenters. The van der Waals surface area contributed by atoms with Crippen molar-refractivity contribution >= 4 is 7.60 Å². The number of hydrogen-bond donors (Lipinski definition) is 1. The number of hydrogen-bond acceptors (Lipinski definition) is 5. The van der Waals surface area contributed by atoms with Gasteiger partial charge in [-0.2, -0.15) is 0 Å². The van der Waals surface area contributed by atoms with Gasteiger partial charge in [-0.3, -0.25) is 4.57 Å². The van der Waals surface area contributed by atoms with Gasteiger partial charge in [0.05, 0.1) is 25.9 Å². The van der Waals surface area contributed by atoms with Crippen molar-refractivity contribution in [1.29, 1.82) is 0 Å². The Kier molecular flexibility index (Phi) is 5.66. The highest BCUT2D eigenvalue weighted by molar-refractivity contribution is 7.57. The van der Waals surface area contributed by atoms with Gasteiger partial charge >= 0.3 is 7.60 Å². The minimum atomic E-state index is -3.17. The molecule has 94 valence electrons. The van der Waals surface area contributed by atoms with Crippen LogP contribution in [0.1, 0.15) is 20.3 Å². The summed E-state index contributed by atoms with van der Waals surface area (Å²) in [6, 6.07) is 0. The first kappa shape index (κ1) is 13.9. The molecule has 0 aromatic carbocycles. The maximum absolute atomic E-state index is 12.0. The van der Waals surface area contributed by atoms with Crippen LogP contribution in [0.2, 0.25) is 0 Å². The van der Waals surface area contributed by atoms with Crippen LogP contribution in [0, 0.1) is 0 Å². The fourth-order valence-electron chi connectivity index (χ4n) is 1.46. The van der Waals surface area contributed by atoms with E-state index >= 15 is 0 Å². The molecule has 0 amide bonds. The largest absolute Gasteiger partial charge is 0.390 e. The molecule has 1 N–H and O–H groups in total. The summed E-state index contributed by atoms with van der Waals surface area (Å²) in [6.07, 6.45) is 1.22. The van der Waals surface area contributed by atoms with Crippen molar-refractivity contribution in [3.8, 4) is 0 Å². The van der Waals surface area contributed by atoms with Gasteiger partial charge in [-0.25, -0.2) is 0 Å². The van der Waals surface area contributed by atoms with Gasteiger partial charge in [0.2, 0.25) is 0 Å². The first-order chi connectivity index (χ1) is 7.61. The minimum absolute atomic E-state index is 0.315. The van der Waals surface area contributed by atoms with E-state index in [1.54, 1.807) is 19.9 Å². The molecule has 1 heterocycles. The number of aliphatic hydroxyl groups is 1. The van der Waals surface area contributed by atoms with E-state index in [0.717, 1.165) is 0 Å². The van der Waals surface area contributed by atoms with Crippen LogP contribution in [0.15, 0.2) is 11.9 Å². The quantitative estimate of drug-likeness (QED) is 0.729. The van der Waals surface area contributed by atoms with Crippen LogP contribution < -0.4 is 0 Å². The van der Waals surface area contributed by atoms with Gasteiger partial charge in [-0.1, -0.05) is 0 Å². The summed E-state index contributed by atoms with van der Waals surface area (Å²) >= 11 is 0. The summed E-state index contributed by atoms with van der Waals surface area (Å²) in [5, 5.41) is 9.50. The third kappa shape index (κ3) is 4.00. The second-order valence-corrected chi connectivity index (χ2v) is 5.30. The molecule has 5 nitrogen and oxygen atoms in total. The standard InChI is InChI=1S/C10H19O5P/c1-3-14-16(12,15-4-2)8-6-10-9(11)5-7-13-10/h6,8-11H,3-5,7H2,1-2H3/b8-6+/t9-,10+/m0/s1. The number of rotatable bonds is 6. The summed E-state index contributed by atoms with van der Waals surface area (Å²) in [4.78, 5) is 0. The van der Waals surface area contributed by atoms with E-state index in [1.807, 2.05) is 0 Å². The lowest BCUT2D eigenvalue weighted by Gasteiger charge is -2.14. The topological polar surface area (TPSA) is 65.0 Å². The summed E-state index contributed by atoms with van der Waals surface area (Å²) in [7, 11) is -3.17. The van der Waals surface area contributed by atoms with Gasteiger partial charge < -0.3 is 18.9 Å². The average Bonchev–Trinajstić information content (AvgIpc) is 2.62. The Morgan fingerprint density at radius 2 is 2.06 bits per heavy atom. The molecule has 0 aromatic heterocycles. The molecule has 0 spiro atoms. The molecule has 0 radical (unpaired) electrons. The fourth-order valence-corrected chi connectivity index (χ4v) is 2.80. The van der Waals surface area contributed by atoms with Crippen molar-refractivity contribution in [2.24, 2.45) is 0 Å². The van der Waals surface area contributed by atoms with Crippen LogP contribution in [0.4, 0.5) is 0 Å². The molecule has 6 heteroatoms. The van der Waals surface area contributed by atoms with Crippen molar-refractivity contribution in [3.05, 3.63) is 11.9 Å². The molecular weight excluding hydrogens is 231 g/mol. The monoisotopic (exact) mass is 250 g/mol. The second-order valence-electron chi connectivity index (χ2n) is 3.41. The molecule has 0 saturated carbocycles. The molecule has 1 rings (SSSR count).